The van der Waals surface area contributed by atoms with E-state index in [-0.39, 0.29) is 23.3 Å². The fourth-order valence-electron chi connectivity index (χ4n) is 3.94. The number of alkyl halides is 7. The number of carbonyl (C=O) groups excluding carboxylic acids is 3. The van der Waals surface area contributed by atoms with E-state index in [0.29, 0.717) is 0 Å². The lowest BCUT2D eigenvalue weighted by Crippen LogP contribution is -2.50. The Balaban J connectivity index is 2.04. The average molecular weight is 772 g/mol. The summed E-state index contributed by atoms with van der Waals surface area (Å²) in [5.74, 6) is -4.52. The second-order valence-corrected chi connectivity index (χ2v) is 10.7. The molecular weight excluding hydrogens is 756 g/mol. The Morgan fingerprint density at radius 1 is 0.911 bits per heavy atom. The Bertz CT molecular complexity index is 1660. The molecule has 0 radical (unpaired) electrons. The minimum atomic E-state index is -6.41. The van der Waals surface area contributed by atoms with Crippen molar-refractivity contribution in [2.75, 3.05) is 16.8 Å². The molecule has 0 aliphatic heterocycles. The maximum atomic E-state index is 15.8. The van der Waals surface area contributed by atoms with Crippen LogP contribution in [-0.4, -0.2) is 41.8 Å². The lowest BCUT2D eigenvalue weighted by atomic mass is 9.94. The number of amides is 3. The highest BCUT2D eigenvalue weighted by molar-refractivity contribution is 9.11. The van der Waals surface area contributed by atoms with Gasteiger partial charge in [0.2, 0.25) is 5.91 Å². The quantitative estimate of drug-likeness (QED) is 0.126. The summed E-state index contributed by atoms with van der Waals surface area (Å²) in [4.78, 5) is 38.8. The molecule has 0 aliphatic rings. The van der Waals surface area contributed by atoms with Gasteiger partial charge in [-0.15, -0.1) is 0 Å². The van der Waals surface area contributed by atoms with Gasteiger partial charge < -0.3 is 10.2 Å². The first-order chi connectivity index (χ1) is 20.9. The molecule has 3 aromatic carbocycles. The van der Waals surface area contributed by atoms with E-state index in [1.54, 1.807) is 0 Å². The van der Waals surface area contributed by atoms with Gasteiger partial charge in [-0.1, -0.05) is 12.1 Å². The van der Waals surface area contributed by atoms with Crippen LogP contribution in [0.5, 0.6) is 0 Å². The SMILES string of the molecule is N#Cc1cccc(C(=O)N(CCC(=O)NO)c2cccc(C(=O)Nc3c(Br)cc(C(F)(C(F)(F)F)C(F)(F)F)cc3Br)c2F)c1. The fraction of sp³-hybridized carbons (Fsp3) is 0.185. The van der Waals surface area contributed by atoms with Crippen LogP contribution < -0.4 is 15.7 Å². The number of anilines is 2. The van der Waals surface area contributed by atoms with Gasteiger partial charge in [0.25, 0.3) is 11.8 Å². The third-order valence-corrected chi connectivity index (χ3v) is 7.40. The summed E-state index contributed by atoms with van der Waals surface area (Å²) in [6.07, 6.45) is -13.4. The van der Waals surface area contributed by atoms with Gasteiger partial charge in [0, 0.05) is 33.0 Å². The summed E-state index contributed by atoms with van der Waals surface area (Å²) in [6, 6.07) is 10.5. The van der Waals surface area contributed by atoms with Gasteiger partial charge in [-0.25, -0.2) is 14.3 Å². The molecule has 0 atom stereocenters. The van der Waals surface area contributed by atoms with E-state index in [4.69, 9.17) is 10.5 Å². The molecule has 3 aromatic rings. The number of carbonyl (C=O) groups is 3. The van der Waals surface area contributed by atoms with Crippen LogP contribution in [0.2, 0.25) is 0 Å². The summed E-state index contributed by atoms with van der Waals surface area (Å²) in [5, 5.41) is 20.1. The van der Waals surface area contributed by atoms with Crippen molar-refractivity contribution < 1.29 is 54.7 Å². The van der Waals surface area contributed by atoms with Crippen molar-refractivity contribution in [2.45, 2.75) is 24.4 Å². The van der Waals surface area contributed by atoms with Gasteiger partial charge in [-0.2, -0.15) is 31.6 Å². The van der Waals surface area contributed by atoms with Crippen LogP contribution in [-0.2, 0) is 10.5 Å². The number of rotatable bonds is 8. The second-order valence-electron chi connectivity index (χ2n) is 9.00. The minimum absolute atomic E-state index is 0.0696. The summed E-state index contributed by atoms with van der Waals surface area (Å²) in [7, 11) is 0. The predicted molar refractivity (Wildman–Crippen MR) is 148 cm³/mol. The smallest absolute Gasteiger partial charge is 0.320 e. The zero-order valence-electron chi connectivity index (χ0n) is 22.0. The highest BCUT2D eigenvalue weighted by atomic mass is 79.9. The maximum absolute atomic E-state index is 15.8. The van der Waals surface area contributed by atoms with Crippen molar-refractivity contribution in [3.8, 4) is 6.07 Å². The molecule has 0 fully saturated rings. The summed E-state index contributed by atoms with van der Waals surface area (Å²) >= 11 is 5.41. The molecule has 0 unspecified atom stereocenters. The molecule has 0 bridgehead atoms. The molecule has 0 saturated heterocycles. The normalized spacial score (nSPS) is 11.9. The Morgan fingerprint density at radius 2 is 1.49 bits per heavy atom. The van der Waals surface area contributed by atoms with Gasteiger partial charge in [-0.05, 0) is 74.3 Å². The molecule has 0 aliphatic carbocycles. The molecule has 0 heterocycles. The Morgan fingerprint density at radius 3 is 2.02 bits per heavy atom. The van der Waals surface area contributed by atoms with Crippen LogP contribution in [0.25, 0.3) is 0 Å². The van der Waals surface area contributed by atoms with Crippen LogP contribution in [0.1, 0.15) is 38.3 Å². The molecule has 238 valence electrons. The highest BCUT2D eigenvalue weighted by Crippen LogP contribution is 2.54. The van der Waals surface area contributed by atoms with Gasteiger partial charge in [0.1, 0.15) is 0 Å². The molecule has 0 aromatic heterocycles. The first kappa shape index (κ1) is 35.4. The van der Waals surface area contributed by atoms with E-state index >= 15 is 4.39 Å². The fourth-order valence-corrected chi connectivity index (χ4v) is 5.33. The molecule has 0 saturated carbocycles. The van der Waals surface area contributed by atoms with Crippen molar-refractivity contribution >= 4 is 61.0 Å². The lowest BCUT2D eigenvalue weighted by Gasteiger charge is -2.31. The van der Waals surface area contributed by atoms with Crippen molar-refractivity contribution in [3.05, 3.63) is 91.6 Å². The maximum Gasteiger partial charge on any atom is 0.435 e. The van der Waals surface area contributed by atoms with E-state index < -0.39 is 86.0 Å². The van der Waals surface area contributed by atoms with E-state index in [2.05, 4.69) is 37.2 Å². The number of nitriles is 1. The molecule has 3 rings (SSSR count). The van der Waals surface area contributed by atoms with Crippen molar-refractivity contribution in [1.82, 2.24) is 5.48 Å². The third-order valence-electron chi connectivity index (χ3n) is 6.14. The number of hydrogen-bond acceptors (Lipinski definition) is 5. The van der Waals surface area contributed by atoms with Gasteiger partial charge in [0.15, 0.2) is 5.82 Å². The van der Waals surface area contributed by atoms with Crippen LogP contribution in [0, 0.1) is 17.1 Å². The summed E-state index contributed by atoms with van der Waals surface area (Å²) in [5.41, 5.74) is -8.15. The molecule has 3 N–H and O–H groups in total. The zero-order chi connectivity index (χ0) is 33.9. The number of nitrogens with zero attached hydrogens (tertiary/aromatic N) is 2. The largest absolute Gasteiger partial charge is 0.435 e. The average Bonchev–Trinajstić information content (AvgIpc) is 2.97. The predicted octanol–water partition coefficient (Wildman–Crippen LogP) is 7.31. The van der Waals surface area contributed by atoms with E-state index in [9.17, 15) is 45.1 Å². The second kappa shape index (κ2) is 13.5. The Hall–Kier alpha value is -4.08. The summed E-state index contributed by atoms with van der Waals surface area (Å²) < 4.78 is 109. The molecular formula is C27H16Br2F8N4O4. The highest BCUT2D eigenvalue weighted by Gasteiger charge is 2.73. The van der Waals surface area contributed by atoms with Crippen molar-refractivity contribution in [2.24, 2.45) is 0 Å². The number of nitrogens with one attached hydrogen (secondary N) is 2. The third kappa shape index (κ3) is 7.26. The number of halogens is 10. The number of hydroxylamine groups is 1. The van der Waals surface area contributed by atoms with E-state index in [1.165, 1.54) is 29.7 Å². The van der Waals surface area contributed by atoms with Gasteiger partial charge in [0.05, 0.1) is 28.6 Å². The van der Waals surface area contributed by atoms with Crippen LogP contribution in [0.3, 0.4) is 0 Å². The van der Waals surface area contributed by atoms with Crippen molar-refractivity contribution in [3.63, 3.8) is 0 Å². The Labute approximate surface area is 264 Å². The summed E-state index contributed by atoms with van der Waals surface area (Å²) in [6.45, 7) is -0.536. The van der Waals surface area contributed by atoms with Crippen LogP contribution in [0.4, 0.5) is 46.5 Å². The van der Waals surface area contributed by atoms with Crippen molar-refractivity contribution in [1.29, 1.82) is 5.26 Å². The molecule has 18 heteroatoms. The van der Waals surface area contributed by atoms with E-state index in [0.717, 1.165) is 23.1 Å². The topological polar surface area (TPSA) is 123 Å². The van der Waals surface area contributed by atoms with Gasteiger partial charge >= 0.3 is 18.0 Å². The zero-order valence-corrected chi connectivity index (χ0v) is 25.1. The number of benzene rings is 3. The van der Waals surface area contributed by atoms with Gasteiger partial charge in [-0.3, -0.25) is 19.6 Å². The molecule has 0 spiro atoms. The molecule has 45 heavy (non-hydrogen) atoms. The first-order valence-corrected chi connectivity index (χ1v) is 13.6. The monoisotopic (exact) mass is 770 g/mol. The minimum Gasteiger partial charge on any atom is -0.320 e. The van der Waals surface area contributed by atoms with E-state index in [1.807, 2.05) is 6.07 Å². The lowest BCUT2D eigenvalue weighted by molar-refractivity contribution is -0.348. The van der Waals surface area contributed by atoms with Crippen LogP contribution >= 0.6 is 31.9 Å². The first-order valence-electron chi connectivity index (χ1n) is 12.0. The molecule has 8 nitrogen and oxygen atoms in total. The number of hydrogen-bond donors (Lipinski definition) is 3. The van der Waals surface area contributed by atoms with Crippen LogP contribution in [0.15, 0.2) is 63.5 Å². The Kier molecular flexibility index (Phi) is 10.6. The molecule has 3 amide bonds. The standard InChI is InChI=1S/C27H16Br2F8N4O4/c28-17-10-15(25(31,26(32,33)34)27(35,36)37)11-18(29)22(17)39-23(43)16-5-2-6-19(21(16)30)41(8-7-20(42)40-45)24(44)14-4-1-3-13(9-14)12-38/h1-6,9-11,45H,7-8H2,(H,39,43)(H,40,42).